The van der Waals surface area contributed by atoms with E-state index in [2.05, 4.69) is 0 Å². The second-order valence-electron chi connectivity index (χ2n) is 4.29. The second-order valence-corrected chi connectivity index (χ2v) is 5.44. The van der Waals surface area contributed by atoms with E-state index in [4.69, 9.17) is 5.11 Å². The highest BCUT2D eigenvalue weighted by molar-refractivity contribution is 7.99. The summed E-state index contributed by atoms with van der Waals surface area (Å²) in [6.07, 6.45) is -0.0392. The number of thioether (sulfide) groups is 1. The number of carboxylic acid groups (broad SMARTS) is 1. The third kappa shape index (κ3) is 4.21. The summed E-state index contributed by atoms with van der Waals surface area (Å²) in [5, 5.41) is 8.82. The van der Waals surface area contributed by atoms with Gasteiger partial charge in [0.1, 0.15) is 0 Å². The number of carbonyl (C=O) groups excluding carboxylic acids is 2. The van der Waals surface area contributed by atoms with Crippen LogP contribution in [0.4, 0.5) is 0 Å². The molecule has 1 fully saturated rings. The summed E-state index contributed by atoms with van der Waals surface area (Å²) in [6, 6.07) is -0.269. The fourth-order valence-electron chi connectivity index (χ4n) is 1.76. The molecule has 0 aromatic rings. The van der Waals surface area contributed by atoms with E-state index >= 15 is 0 Å². The molecule has 1 atom stereocenters. The largest absolute Gasteiger partial charge is 0.481 e. The minimum atomic E-state index is -0.903. The van der Waals surface area contributed by atoms with Gasteiger partial charge in [0.2, 0.25) is 11.8 Å². The van der Waals surface area contributed by atoms with E-state index in [-0.39, 0.29) is 30.8 Å². The van der Waals surface area contributed by atoms with Crippen LogP contribution in [0.15, 0.2) is 0 Å². The van der Waals surface area contributed by atoms with Gasteiger partial charge in [0.25, 0.3) is 0 Å². The molecule has 6 nitrogen and oxygen atoms in total. The zero-order chi connectivity index (χ0) is 13.7. The molecule has 1 aliphatic heterocycles. The van der Waals surface area contributed by atoms with Crippen LogP contribution in [0, 0.1) is 0 Å². The Bertz CT molecular complexity index is 348. The molecule has 1 rings (SSSR count). The maximum atomic E-state index is 12.0. The number of carboxylic acids is 1. The predicted molar refractivity (Wildman–Crippen MR) is 68.4 cm³/mol. The highest BCUT2D eigenvalue weighted by Gasteiger charge is 2.29. The summed E-state index contributed by atoms with van der Waals surface area (Å²) in [5.74, 6) is 0.192. The Kier molecular flexibility index (Phi) is 5.46. The van der Waals surface area contributed by atoms with Crippen LogP contribution in [0.25, 0.3) is 0 Å². The Labute approximate surface area is 110 Å². The molecular weight excluding hydrogens is 256 g/mol. The van der Waals surface area contributed by atoms with Gasteiger partial charge in [-0.05, 0) is 0 Å². The second kappa shape index (κ2) is 6.63. The normalized spacial score (nSPS) is 19.4. The maximum absolute atomic E-state index is 12.0. The maximum Gasteiger partial charge on any atom is 0.305 e. The first-order chi connectivity index (χ1) is 8.41. The van der Waals surface area contributed by atoms with E-state index in [1.54, 1.807) is 23.7 Å². The fourth-order valence-corrected chi connectivity index (χ4v) is 2.82. The first-order valence-corrected chi connectivity index (χ1v) is 6.88. The molecule has 18 heavy (non-hydrogen) atoms. The summed E-state index contributed by atoms with van der Waals surface area (Å²) in [6.45, 7) is 1.96. The lowest BCUT2D eigenvalue weighted by Crippen LogP contribution is -2.50. The number of aliphatic carboxylic acids is 1. The molecule has 0 aromatic carbocycles. The number of carbonyl (C=O) groups is 3. The number of likely N-dealkylation sites (N-methyl/N-ethyl adjacent to an activating group) is 1. The van der Waals surface area contributed by atoms with Crippen LogP contribution < -0.4 is 0 Å². The smallest absolute Gasteiger partial charge is 0.305 e. The van der Waals surface area contributed by atoms with Crippen LogP contribution >= 0.6 is 11.8 Å². The van der Waals surface area contributed by atoms with Crippen molar-refractivity contribution in [3.8, 4) is 0 Å². The monoisotopic (exact) mass is 274 g/mol. The molecule has 1 N–H and O–H groups in total. The van der Waals surface area contributed by atoms with Gasteiger partial charge in [-0.15, -0.1) is 0 Å². The Morgan fingerprint density at radius 3 is 2.67 bits per heavy atom. The number of rotatable bonds is 4. The van der Waals surface area contributed by atoms with E-state index in [1.807, 2.05) is 0 Å². The van der Waals surface area contributed by atoms with Gasteiger partial charge < -0.3 is 14.9 Å². The van der Waals surface area contributed by atoms with E-state index in [0.717, 1.165) is 5.75 Å². The molecule has 102 valence electrons. The predicted octanol–water partition coefficient (Wildman–Crippen LogP) is -0.117. The first kappa shape index (κ1) is 14.8. The van der Waals surface area contributed by atoms with E-state index in [1.165, 1.54) is 11.8 Å². The number of amides is 2. The van der Waals surface area contributed by atoms with Crippen molar-refractivity contribution in [3.05, 3.63) is 0 Å². The van der Waals surface area contributed by atoms with E-state index in [0.29, 0.717) is 12.3 Å². The van der Waals surface area contributed by atoms with Gasteiger partial charge in [0.05, 0.1) is 19.0 Å². The standard InChI is InChI=1S/C11H18N2O4S/c1-8(14)12(2)6-10(15)13-3-4-18-7-9(13)5-11(16)17/h9H,3-7H2,1-2H3,(H,16,17). The molecule has 2 amide bonds. The summed E-state index contributed by atoms with van der Waals surface area (Å²) in [7, 11) is 1.56. The van der Waals surface area contributed by atoms with Gasteiger partial charge >= 0.3 is 5.97 Å². The van der Waals surface area contributed by atoms with Crippen molar-refractivity contribution >= 4 is 29.5 Å². The van der Waals surface area contributed by atoms with Gasteiger partial charge in [-0.1, -0.05) is 0 Å². The van der Waals surface area contributed by atoms with Crippen LogP contribution in [0.3, 0.4) is 0 Å². The average molecular weight is 274 g/mol. The lowest BCUT2D eigenvalue weighted by molar-refractivity contribution is -0.143. The molecule has 0 saturated carbocycles. The molecule has 0 bridgehead atoms. The minimum Gasteiger partial charge on any atom is -0.481 e. The van der Waals surface area contributed by atoms with Crippen LogP contribution in [-0.2, 0) is 14.4 Å². The van der Waals surface area contributed by atoms with Gasteiger partial charge in [0.15, 0.2) is 0 Å². The van der Waals surface area contributed by atoms with Crippen molar-refractivity contribution in [3.63, 3.8) is 0 Å². The molecule has 1 unspecified atom stereocenters. The zero-order valence-corrected chi connectivity index (χ0v) is 11.4. The van der Waals surface area contributed by atoms with E-state index < -0.39 is 5.97 Å². The van der Waals surface area contributed by atoms with Gasteiger partial charge in [0, 0.05) is 32.0 Å². The van der Waals surface area contributed by atoms with Crippen LogP contribution in [0.5, 0.6) is 0 Å². The summed E-state index contributed by atoms with van der Waals surface area (Å²) >= 11 is 1.65. The van der Waals surface area contributed by atoms with Gasteiger partial charge in [-0.25, -0.2) is 0 Å². The molecule has 1 aliphatic rings. The number of nitrogens with zero attached hydrogens (tertiary/aromatic N) is 2. The minimum absolute atomic E-state index is 0.0100. The quantitative estimate of drug-likeness (QED) is 0.773. The Morgan fingerprint density at radius 1 is 1.44 bits per heavy atom. The van der Waals surface area contributed by atoms with Crippen molar-refractivity contribution < 1.29 is 19.5 Å². The third-order valence-corrected chi connectivity index (χ3v) is 3.96. The Morgan fingerprint density at radius 2 is 2.11 bits per heavy atom. The lowest BCUT2D eigenvalue weighted by atomic mass is 10.2. The molecule has 0 spiro atoms. The molecule has 0 aliphatic carbocycles. The van der Waals surface area contributed by atoms with Crippen molar-refractivity contribution in [2.75, 3.05) is 31.6 Å². The molecule has 0 radical (unpaired) electrons. The van der Waals surface area contributed by atoms with Crippen LogP contribution in [0.1, 0.15) is 13.3 Å². The summed E-state index contributed by atoms with van der Waals surface area (Å²) in [4.78, 5) is 36.8. The van der Waals surface area contributed by atoms with Crippen molar-refractivity contribution in [1.82, 2.24) is 9.80 Å². The molecule has 1 saturated heterocycles. The summed E-state index contributed by atoms with van der Waals surface area (Å²) < 4.78 is 0. The van der Waals surface area contributed by atoms with E-state index in [9.17, 15) is 14.4 Å². The SMILES string of the molecule is CC(=O)N(C)CC(=O)N1CCSCC1CC(=O)O. The molecule has 7 heteroatoms. The number of hydrogen-bond donors (Lipinski definition) is 1. The lowest BCUT2D eigenvalue weighted by Gasteiger charge is -2.35. The Balaban J connectivity index is 2.62. The molecular formula is C11H18N2O4S. The molecule has 0 aromatic heterocycles. The highest BCUT2D eigenvalue weighted by atomic mass is 32.2. The highest BCUT2D eigenvalue weighted by Crippen LogP contribution is 2.19. The van der Waals surface area contributed by atoms with Crippen LogP contribution in [0.2, 0.25) is 0 Å². The summed E-state index contributed by atoms with van der Waals surface area (Å²) in [5.41, 5.74) is 0. The third-order valence-electron chi connectivity index (χ3n) is 2.87. The first-order valence-electron chi connectivity index (χ1n) is 5.72. The van der Waals surface area contributed by atoms with Crippen molar-refractivity contribution in [1.29, 1.82) is 0 Å². The topological polar surface area (TPSA) is 77.9 Å². The van der Waals surface area contributed by atoms with Crippen LogP contribution in [-0.4, -0.2) is 70.4 Å². The van der Waals surface area contributed by atoms with Gasteiger partial charge in [-0.3, -0.25) is 14.4 Å². The average Bonchev–Trinajstić information content (AvgIpc) is 2.28. The Hall–Kier alpha value is -1.24. The molecule has 1 heterocycles. The zero-order valence-electron chi connectivity index (χ0n) is 10.6. The van der Waals surface area contributed by atoms with Gasteiger partial charge in [-0.2, -0.15) is 11.8 Å². The van der Waals surface area contributed by atoms with Crippen molar-refractivity contribution in [2.45, 2.75) is 19.4 Å². The number of hydrogen-bond acceptors (Lipinski definition) is 4. The fraction of sp³-hybridized carbons (Fsp3) is 0.727. The van der Waals surface area contributed by atoms with Crippen molar-refractivity contribution in [2.24, 2.45) is 0 Å².